The number of nitrogens with one attached hydrogen (secondary N) is 1. The van der Waals surface area contributed by atoms with Gasteiger partial charge >= 0.3 is 0 Å². The lowest BCUT2D eigenvalue weighted by molar-refractivity contribution is 0.290. The molecule has 0 aromatic carbocycles. The molecule has 11 heavy (non-hydrogen) atoms. The second kappa shape index (κ2) is 2.78. The van der Waals surface area contributed by atoms with Gasteiger partial charge in [0.25, 0.3) is 0 Å². The van der Waals surface area contributed by atoms with Crippen LogP contribution in [0.3, 0.4) is 0 Å². The van der Waals surface area contributed by atoms with Crippen molar-refractivity contribution in [2.24, 2.45) is 17.8 Å². The van der Waals surface area contributed by atoms with Crippen LogP contribution >= 0.6 is 0 Å². The van der Waals surface area contributed by atoms with Crippen molar-refractivity contribution in [3.05, 3.63) is 0 Å². The Morgan fingerprint density at radius 1 is 1.27 bits per heavy atom. The molecule has 2 rings (SSSR count). The first-order chi connectivity index (χ1) is 5.31. The summed E-state index contributed by atoms with van der Waals surface area (Å²) in [5.41, 5.74) is 0. The van der Waals surface area contributed by atoms with Gasteiger partial charge in [0.1, 0.15) is 0 Å². The zero-order valence-corrected chi connectivity index (χ0v) is 7.64. The van der Waals surface area contributed by atoms with Gasteiger partial charge in [-0.3, -0.25) is 0 Å². The van der Waals surface area contributed by atoms with Crippen molar-refractivity contribution < 1.29 is 0 Å². The average molecular weight is 153 g/mol. The summed E-state index contributed by atoms with van der Waals surface area (Å²) in [4.78, 5) is 0. The third-order valence-electron chi connectivity index (χ3n) is 3.32. The highest BCUT2D eigenvalue weighted by molar-refractivity contribution is 4.99. The third kappa shape index (κ3) is 1.44. The smallest absolute Gasteiger partial charge is 0.0100 e. The molecule has 0 saturated heterocycles. The highest BCUT2D eigenvalue weighted by atomic mass is 14.9. The van der Waals surface area contributed by atoms with E-state index >= 15 is 0 Å². The van der Waals surface area contributed by atoms with Crippen molar-refractivity contribution in [3.63, 3.8) is 0 Å². The van der Waals surface area contributed by atoms with Gasteiger partial charge in [-0.15, -0.1) is 0 Å². The zero-order chi connectivity index (χ0) is 7.84. The fourth-order valence-electron chi connectivity index (χ4n) is 2.75. The highest BCUT2D eigenvalue weighted by Crippen LogP contribution is 2.51. The van der Waals surface area contributed by atoms with Gasteiger partial charge in [0.15, 0.2) is 0 Å². The maximum atomic E-state index is 3.61. The van der Waals surface area contributed by atoms with Gasteiger partial charge in [-0.1, -0.05) is 13.8 Å². The molecule has 0 spiro atoms. The van der Waals surface area contributed by atoms with Crippen LogP contribution in [0.2, 0.25) is 0 Å². The monoisotopic (exact) mass is 153 g/mol. The second-order valence-corrected chi connectivity index (χ2v) is 4.40. The highest BCUT2D eigenvalue weighted by Gasteiger charge is 2.46. The first-order valence-electron chi connectivity index (χ1n) is 5.04. The van der Waals surface area contributed by atoms with E-state index in [1.165, 1.54) is 19.3 Å². The largest absolute Gasteiger partial charge is 0.314 e. The molecule has 64 valence electrons. The Kier molecular flexibility index (Phi) is 1.92. The molecule has 2 saturated carbocycles. The van der Waals surface area contributed by atoms with E-state index in [-0.39, 0.29) is 0 Å². The SMILES string of the molecule is CCNC1CC(C)CC2CC21. The van der Waals surface area contributed by atoms with Gasteiger partial charge in [-0.2, -0.15) is 0 Å². The molecule has 0 aromatic rings. The lowest BCUT2D eigenvalue weighted by atomic mass is 9.87. The molecule has 2 fully saturated rings. The summed E-state index contributed by atoms with van der Waals surface area (Å²) >= 11 is 0. The van der Waals surface area contributed by atoms with Gasteiger partial charge in [-0.25, -0.2) is 0 Å². The summed E-state index contributed by atoms with van der Waals surface area (Å²) in [6.45, 7) is 5.77. The molecule has 0 aliphatic heterocycles. The van der Waals surface area contributed by atoms with Crippen LogP contribution in [-0.4, -0.2) is 12.6 Å². The molecule has 2 aliphatic carbocycles. The average Bonchev–Trinajstić information content (AvgIpc) is 2.66. The van der Waals surface area contributed by atoms with E-state index in [0.717, 1.165) is 30.3 Å². The standard InChI is InChI=1S/C10H19N/c1-3-11-10-5-7(2)4-8-6-9(8)10/h7-11H,3-6H2,1-2H3. The van der Waals surface area contributed by atoms with Crippen LogP contribution in [0.5, 0.6) is 0 Å². The molecule has 4 unspecified atom stereocenters. The zero-order valence-electron chi connectivity index (χ0n) is 7.64. The quantitative estimate of drug-likeness (QED) is 0.640. The van der Waals surface area contributed by atoms with Crippen molar-refractivity contribution in [2.45, 2.75) is 39.2 Å². The topological polar surface area (TPSA) is 12.0 Å². The molecule has 0 heterocycles. The molecule has 1 nitrogen and oxygen atoms in total. The minimum absolute atomic E-state index is 0.869. The van der Waals surface area contributed by atoms with Crippen LogP contribution in [-0.2, 0) is 0 Å². The van der Waals surface area contributed by atoms with Crippen LogP contribution in [0.4, 0.5) is 0 Å². The Morgan fingerprint density at radius 2 is 2.09 bits per heavy atom. The van der Waals surface area contributed by atoms with E-state index < -0.39 is 0 Å². The Balaban J connectivity index is 1.89. The van der Waals surface area contributed by atoms with E-state index in [1.54, 1.807) is 0 Å². The summed E-state index contributed by atoms with van der Waals surface area (Å²) in [6, 6.07) is 0.869. The van der Waals surface area contributed by atoms with Gasteiger partial charge in [0.05, 0.1) is 0 Å². The third-order valence-corrected chi connectivity index (χ3v) is 3.32. The molecular weight excluding hydrogens is 134 g/mol. The van der Waals surface area contributed by atoms with E-state index in [9.17, 15) is 0 Å². The van der Waals surface area contributed by atoms with Crippen LogP contribution in [0.1, 0.15) is 33.1 Å². The Labute approximate surface area is 69.6 Å². The van der Waals surface area contributed by atoms with Gasteiger partial charge in [-0.05, 0) is 43.6 Å². The Hall–Kier alpha value is -0.0400. The summed E-state index contributed by atoms with van der Waals surface area (Å²) in [7, 11) is 0. The van der Waals surface area contributed by atoms with Crippen molar-refractivity contribution in [3.8, 4) is 0 Å². The lowest BCUT2D eigenvalue weighted by Crippen LogP contribution is -2.35. The Morgan fingerprint density at radius 3 is 2.82 bits per heavy atom. The number of hydrogen-bond donors (Lipinski definition) is 1. The molecule has 0 radical (unpaired) electrons. The van der Waals surface area contributed by atoms with Gasteiger partial charge < -0.3 is 5.32 Å². The first kappa shape index (κ1) is 7.60. The normalized spacial score (nSPS) is 48.5. The van der Waals surface area contributed by atoms with E-state index in [4.69, 9.17) is 0 Å². The lowest BCUT2D eigenvalue weighted by Gasteiger charge is -2.26. The van der Waals surface area contributed by atoms with E-state index in [2.05, 4.69) is 19.2 Å². The molecule has 0 bridgehead atoms. The Bertz CT molecular complexity index is 144. The minimum Gasteiger partial charge on any atom is -0.314 e. The molecular formula is C10H19N. The maximum absolute atomic E-state index is 3.61. The summed E-state index contributed by atoms with van der Waals surface area (Å²) in [5, 5.41) is 3.61. The van der Waals surface area contributed by atoms with Gasteiger partial charge in [0.2, 0.25) is 0 Å². The van der Waals surface area contributed by atoms with Crippen LogP contribution in [0.25, 0.3) is 0 Å². The first-order valence-corrected chi connectivity index (χ1v) is 5.04. The van der Waals surface area contributed by atoms with E-state index in [1.807, 2.05) is 0 Å². The molecule has 0 aromatic heterocycles. The minimum atomic E-state index is 0.869. The van der Waals surface area contributed by atoms with Crippen LogP contribution in [0, 0.1) is 17.8 Å². The fourth-order valence-corrected chi connectivity index (χ4v) is 2.75. The predicted molar refractivity (Wildman–Crippen MR) is 47.5 cm³/mol. The molecule has 2 aliphatic rings. The number of fused-ring (bicyclic) bond motifs is 1. The molecule has 1 N–H and O–H groups in total. The van der Waals surface area contributed by atoms with Crippen molar-refractivity contribution >= 4 is 0 Å². The van der Waals surface area contributed by atoms with Crippen molar-refractivity contribution in [1.82, 2.24) is 5.32 Å². The summed E-state index contributed by atoms with van der Waals surface area (Å²) in [5.74, 6) is 3.14. The molecule has 4 atom stereocenters. The summed E-state index contributed by atoms with van der Waals surface area (Å²) < 4.78 is 0. The number of rotatable bonds is 2. The van der Waals surface area contributed by atoms with Gasteiger partial charge in [0, 0.05) is 6.04 Å². The number of hydrogen-bond acceptors (Lipinski definition) is 1. The van der Waals surface area contributed by atoms with Crippen molar-refractivity contribution in [2.75, 3.05) is 6.54 Å². The predicted octanol–water partition coefficient (Wildman–Crippen LogP) is 2.03. The summed E-state index contributed by atoms with van der Waals surface area (Å²) in [6.07, 6.45) is 4.45. The fraction of sp³-hybridized carbons (Fsp3) is 1.00. The molecule has 1 heteroatoms. The molecule has 0 amide bonds. The van der Waals surface area contributed by atoms with Crippen LogP contribution in [0.15, 0.2) is 0 Å². The maximum Gasteiger partial charge on any atom is 0.0100 e. The van der Waals surface area contributed by atoms with Crippen molar-refractivity contribution in [1.29, 1.82) is 0 Å². The van der Waals surface area contributed by atoms with Crippen LogP contribution < -0.4 is 5.32 Å². The second-order valence-electron chi connectivity index (χ2n) is 4.40. The van der Waals surface area contributed by atoms with E-state index in [0.29, 0.717) is 0 Å².